The number of carboxylic acid groups (broad SMARTS) is 1. The van der Waals surface area contributed by atoms with E-state index < -0.39 is 5.97 Å². The molecular formula is C12H23NO4. The lowest BCUT2D eigenvalue weighted by Crippen LogP contribution is -2.43. The Balaban J connectivity index is 3.84. The van der Waals surface area contributed by atoms with Gasteiger partial charge in [-0.2, -0.15) is 0 Å². The van der Waals surface area contributed by atoms with Gasteiger partial charge in [0.2, 0.25) is 6.73 Å². The number of aliphatic carboxylic acids is 1. The average Bonchev–Trinajstić information content (AvgIpc) is 2.13. The van der Waals surface area contributed by atoms with Crippen molar-refractivity contribution < 1.29 is 23.9 Å². The highest BCUT2D eigenvalue weighted by Gasteiger charge is 2.17. The Kier molecular flexibility index (Phi) is 6.80. The molecule has 0 amide bonds. The van der Waals surface area contributed by atoms with Crippen molar-refractivity contribution in [1.82, 2.24) is 0 Å². The van der Waals surface area contributed by atoms with Crippen LogP contribution in [0.4, 0.5) is 0 Å². The molecule has 100 valence electrons. The standard InChI is InChI=1S/C12H23NO4/c1-10(2)8-12(16)17-9-13(3,4)7-5-6-11(14)15/h10H,5-9H2,1-4H3. The van der Waals surface area contributed by atoms with Crippen LogP contribution in [0.15, 0.2) is 0 Å². The highest BCUT2D eigenvalue weighted by molar-refractivity contribution is 5.69. The van der Waals surface area contributed by atoms with E-state index in [0.717, 1.165) is 0 Å². The number of esters is 1. The molecule has 5 nitrogen and oxygen atoms in total. The van der Waals surface area contributed by atoms with E-state index in [-0.39, 0.29) is 25.0 Å². The van der Waals surface area contributed by atoms with E-state index in [4.69, 9.17) is 4.74 Å². The second-order valence-electron chi connectivity index (χ2n) is 5.38. The molecule has 0 atom stereocenters. The summed E-state index contributed by atoms with van der Waals surface area (Å²) in [5, 5.41) is 10.3. The number of hydrogen-bond acceptors (Lipinski definition) is 4. The molecule has 0 aliphatic carbocycles. The Bertz CT molecular complexity index is 261. The van der Waals surface area contributed by atoms with Gasteiger partial charge in [-0.1, -0.05) is 13.8 Å². The summed E-state index contributed by atoms with van der Waals surface area (Å²) in [6.07, 6.45) is 0.984. The molecule has 0 spiro atoms. The molecule has 0 saturated carbocycles. The van der Waals surface area contributed by atoms with Crippen LogP contribution in [-0.4, -0.2) is 43.8 Å². The highest BCUT2D eigenvalue weighted by Crippen LogP contribution is 2.05. The summed E-state index contributed by atoms with van der Waals surface area (Å²) in [5.74, 6) is -0.955. The van der Waals surface area contributed by atoms with Crippen molar-refractivity contribution in [3.8, 4) is 0 Å². The van der Waals surface area contributed by atoms with Crippen LogP contribution in [0.5, 0.6) is 0 Å². The fraction of sp³-hybridized carbons (Fsp3) is 0.833. The maximum atomic E-state index is 11.3. The van der Waals surface area contributed by atoms with Crippen molar-refractivity contribution in [3.05, 3.63) is 0 Å². The van der Waals surface area contributed by atoms with E-state index in [1.807, 2.05) is 27.9 Å². The summed E-state index contributed by atoms with van der Waals surface area (Å²) in [5.41, 5.74) is 0. The number of carbonyl (C=O) groups is 2. The lowest BCUT2D eigenvalue weighted by atomic mass is 10.1. The number of quaternary nitrogens is 1. The Morgan fingerprint density at radius 3 is 2.35 bits per heavy atom. The average molecular weight is 245 g/mol. The third-order valence-corrected chi connectivity index (χ3v) is 2.29. The normalized spacial score (nSPS) is 11.6. The zero-order chi connectivity index (χ0) is 13.5. The molecule has 17 heavy (non-hydrogen) atoms. The third-order valence-electron chi connectivity index (χ3n) is 2.29. The van der Waals surface area contributed by atoms with E-state index in [1.54, 1.807) is 0 Å². The predicted octanol–water partition coefficient (Wildman–Crippen LogP) is 0.140. The molecule has 0 aliphatic rings. The van der Waals surface area contributed by atoms with Gasteiger partial charge in [-0.15, -0.1) is 0 Å². The van der Waals surface area contributed by atoms with E-state index in [2.05, 4.69) is 0 Å². The first kappa shape index (κ1) is 15.9. The van der Waals surface area contributed by atoms with Crippen LogP contribution in [0.2, 0.25) is 0 Å². The number of carbonyl (C=O) groups excluding carboxylic acids is 2. The minimum absolute atomic E-state index is 0.0433. The second-order valence-corrected chi connectivity index (χ2v) is 5.38. The van der Waals surface area contributed by atoms with Gasteiger partial charge in [-0.25, -0.2) is 0 Å². The fourth-order valence-corrected chi connectivity index (χ4v) is 1.35. The molecule has 5 heteroatoms. The molecule has 0 aromatic carbocycles. The van der Waals surface area contributed by atoms with E-state index in [9.17, 15) is 14.7 Å². The van der Waals surface area contributed by atoms with E-state index in [0.29, 0.717) is 23.9 Å². The van der Waals surface area contributed by atoms with Gasteiger partial charge in [0.15, 0.2) is 0 Å². The quantitative estimate of drug-likeness (QED) is 0.346. The molecule has 0 unspecified atom stereocenters. The fourth-order valence-electron chi connectivity index (χ4n) is 1.35. The smallest absolute Gasteiger partial charge is 0.310 e. The maximum Gasteiger partial charge on any atom is 0.310 e. The number of ether oxygens (including phenoxy) is 1. The van der Waals surface area contributed by atoms with Gasteiger partial charge in [0, 0.05) is 18.8 Å². The van der Waals surface area contributed by atoms with Crippen LogP contribution in [0.1, 0.15) is 33.1 Å². The lowest BCUT2D eigenvalue weighted by Gasteiger charge is -2.28. The van der Waals surface area contributed by atoms with Crippen LogP contribution in [0, 0.1) is 5.92 Å². The van der Waals surface area contributed by atoms with Gasteiger partial charge in [0.1, 0.15) is 0 Å². The molecule has 0 aliphatic heterocycles. The predicted molar refractivity (Wildman–Crippen MR) is 61.6 cm³/mol. The van der Waals surface area contributed by atoms with Crippen molar-refractivity contribution in [2.75, 3.05) is 27.4 Å². The third kappa shape index (κ3) is 9.81. The summed E-state index contributed by atoms with van der Waals surface area (Å²) in [6, 6.07) is 0. The van der Waals surface area contributed by atoms with Gasteiger partial charge in [0.25, 0.3) is 0 Å². The SMILES string of the molecule is CC(C)CC(=O)OC[N+](C)(C)CCCC(=O)[O-]. The Hall–Kier alpha value is -1.10. The van der Waals surface area contributed by atoms with Crippen LogP contribution in [0.3, 0.4) is 0 Å². The Labute approximate surface area is 103 Å². The summed E-state index contributed by atoms with van der Waals surface area (Å²) in [4.78, 5) is 21.6. The first-order valence-electron chi connectivity index (χ1n) is 5.90. The maximum absolute atomic E-state index is 11.3. The number of rotatable bonds is 8. The minimum atomic E-state index is -1.04. The van der Waals surface area contributed by atoms with E-state index in [1.165, 1.54) is 0 Å². The topological polar surface area (TPSA) is 66.4 Å². The molecule has 0 N–H and O–H groups in total. The van der Waals surface area contributed by atoms with Crippen LogP contribution >= 0.6 is 0 Å². The summed E-state index contributed by atoms with van der Waals surface area (Å²) < 4.78 is 5.61. The first-order valence-corrected chi connectivity index (χ1v) is 5.90. The second kappa shape index (κ2) is 7.27. The number of hydrogen-bond donors (Lipinski definition) is 0. The van der Waals surface area contributed by atoms with Crippen LogP contribution in [-0.2, 0) is 14.3 Å². The molecule has 0 saturated heterocycles. The largest absolute Gasteiger partial charge is 0.550 e. The Morgan fingerprint density at radius 2 is 1.88 bits per heavy atom. The molecule has 0 aromatic heterocycles. The molecular weight excluding hydrogens is 222 g/mol. The van der Waals surface area contributed by atoms with Crippen LogP contribution < -0.4 is 5.11 Å². The van der Waals surface area contributed by atoms with Gasteiger partial charge in [-0.3, -0.25) is 9.28 Å². The molecule has 0 radical (unpaired) electrons. The van der Waals surface area contributed by atoms with Crippen molar-refractivity contribution >= 4 is 11.9 Å². The van der Waals surface area contributed by atoms with E-state index >= 15 is 0 Å². The van der Waals surface area contributed by atoms with Gasteiger partial charge in [-0.05, 0) is 12.3 Å². The summed E-state index contributed by atoms with van der Waals surface area (Å²) in [6.45, 7) is 4.84. The van der Waals surface area contributed by atoms with Crippen LogP contribution in [0.25, 0.3) is 0 Å². The van der Waals surface area contributed by atoms with Crippen molar-refractivity contribution in [3.63, 3.8) is 0 Å². The molecule has 0 fully saturated rings. The number of nitrogens with zero attached hydrogens (tertiary/aromatic N) is 1. The molecule has 0 heterocycles. The number of carboxylic acids is 1. The zero-order valence-electron chi connectivity index (χ0n) is 11.2. The minimum Gasteiger partial charge on any atom is -0.550 e. The molecule has 0 bridgehead atoms. The molecule has 0 aromatic rings. The highest BCUT2D eigenvalue weighted by atomic mass is 16.5. The summed E-state index contributed by atoms with van der Waals surface area (Å²) >= 11 is 0. The molecule has 0 rings (SSSR count). The van der Waals surface area contributed by atoms with Crippen molar-refractivity contribution in [2.45, 2.75) is 33.1 Å². The Morgan fingerprint density at radius 1 is 1.29 bits per heavy atom. The monoisotopic (exact) mass is 245 g/mol. The zero-order valence-corrected chi connectivity index (χ0v) is 11.2. The van der Waals surface area contributed by atoms with Gasteiger partial charge in [0.05, 0.1) is 20.6 Å². The first-order chi connectivity index (χ1) is 7.73. The van der Waals surface area contributed by atoms with Crippen molar-refractivity contribution in [1.29, 1.82) is 0 Å². The van der Waals surface area contributed by atoms with Gasteiger partial charge < -0.3 is 14.6 Å². The summed E-state index contributed by atoms with van der Waals surface area (Å²) in [7, 11) is 3.80. The van der Waals surface area contributed by atoms with Gasteiger partial charge >= 0.3 is 5.97 Å². The lowest BCUT2D eigenvalue weighted by molar-refractivity contribution is -0.907. The van der Waals surface area contributed by atoms with Crippen molar-refractivity contribution in [2.24, 2.45) is 5.92 Å².